The quantitative estimate of drug-likeness (QED) is 0.892. The van der Waals surface area contributed by atoms with Gasteiger partial charge in [-0.3, -0.25) is 9.78 Å². The first-order valence-electron chi connectivity index (χ1n) is 8.24. The van der Waals surface area contributed by atoms with Crippen LogP contribution >= 0.6 is 0 Å². The minimum absolute atomic E-state index is 0.0139. The Bertz CT molecular complexity index is 665. The van der Waals surface area contributed by atoms with Crippen LogP contribution in [0.4, 0.5) is 4.79 Å². The predicted octanol–water partition coefficient (Wildman–Crippen LogP) is 1.25. The number of nitrogens with one attached hydrogen (secondary N) is 2. The molecule has 0 spiro atoms. The van der Waals surface area contributed by atoms with Gasteiger partial charge < -0.3 is 10.2 Å². The van der Waals surface area contributed by atoms with Gasteiger partial charge in [0.05, 0.1) is 36.7 Å². The third kappa shape index (κ3) is 2.80. The lowest BCUT2D eigenvalue weighted by Gasteiger charge is -2.29. The molecule has 0 saturated carbocycles. The standard InChI is InChI=1S/C15H21N7O/c23-15(18-13-5-1-3-11-9-17-19-14(11)13)22-7-2-4-12(22)10-21-8-6-16-20-21/h6,8-9,12-13H,1-5,7,10H2,(H,17,19)(H,18,23)/t12-,13?/m0/s1. The predicted molar refractivity (Wildman–Crippen MR) is 82.5 cm³/mol. The number of hydrogen-bond donors (Lipinski definition) is 2. The zero-order chi connectivity index (χ0) is 15.6. The third-order valence-corrected chi connectivity index (χ3v) is 4.84. The summed E-state index contributed by atoms with van der Waals surface area (Å²) in [6.45, 7) is 1.50. The van der Waals surface area contributed by atoms with E-state index < -0.39 is 0 Å². The molecule has 122 valence electrons. The maximum absolute atomic E-state index is 12.7. The van der Waals surface area contributed by atoms with Crippen molar-refractivity contribution >= 4 is 6.03 Å². The van der Waals surface area contributed by atoms with Crippen LogP contribution in [-0.2, 0) is 13.0 Å². The first-order chi connectivity index (χ1) is 11.3. The highest BCUT2D eigenvalue weighted by Crippen LogP contribution is 2.28. The zero-order valence-electron chi connectivity index (χ0n) is 13.0. The molecule has 2 atom stereocenters. The maximum atomic E-state index is 12.7. The highest BCUT2D eigenvalue weighted by Gasteiger charge is 2.32. The van der Waals surface area contributed by atoms with Gasteiger partial charge in [0.15, 0.2) is 0 Å². The highest BCUT2D eigenvalue weighted by molar-refractivity contribution is 5.75. The number of rotatable bonds is 3. The van der Waals surface area contributed by atoms with Crippen LogP contribution < -0.4 is 5.32 Å². The van der Waals surface area contributed by atoms with E-state index in [2.05, 4.69) is 25.8 Å². The number of carbonyl (C=O) groups is 1. The molecular weight excluding hydrogens is 294 g/mol. The molecule has 23 heavy (non-hydrogen) atoms. The van der Waals surface area contributed by atoms with Gasteiger partial charge in [-0.1, -0.05) is 5.21 Å². The Morgan fingerprint density at radius 3 is 3.22 bits per heavy atom. The van der Waals surface area contributed by atoms with Crippen LogP contribution in [-0.4, -0.2) is 48.7 Å². The summed E-state index contributed by atoms with van der Waals surface area (Å²) < 4.78 is 1.80. The van der Waals surface area contributed by atoms with Gasteiger partial charge >= 0.3 is 6.03 Å². The lowest BCUT2D eigenvalue weighted by atomic mass is 9.94. The second kappa shape index (κ2) is 6.02. The molecule has 2 aromatic heterocycles. The van der Waals surface area contributed by atoms with E-state index in [-0.39, 0.29) is 18.1 Å². The summed E-state index contributed by atoms with van der Waals surface area (Å²) in [6, 6.07) is 0.239. The van der Waals surface area contributed by atoms with Crippen LogP contribution in [0.25, 0.3) is 0 Å². The molecule has 0 aromatic carbocycles. The zero-order valence-corrected chi connectivity index (χ0v) is 13.0. The van der Waals surface area contributed by atoms with Crippen LogP contribution in [0.5, 0.6) is 0 Å². The number of amides is 2. The van der Waals surface area contributed by atoms with Crippen LogP contribution in [0.15, 0.2) is 18.6 Å². The Morgan fingerprint density at radius 2 is 2.35 bits per heavy atom. The van der Waals surface area contributed by atoms with Crippen LogP contribution in [0.2, 0.25) is 0 Å². The van der Waals surface area contributed by atoms with Crippen molar-refractivity contribution in [1.82, 2.24) is 35.4 Å². The molecule has 0 radical (unpaired) electrons. The van der Waals surface area contributed by atoms with E-state index in [9.17, 15) is 4.79 Å². The summed E-state index contributed by atoms with van der Waals surface area (Å²) in [5, 5.41) is 18.2. The number of likely N-dealkylation sites (tertiary alicyclic amines) is 1. The lowest BCUT2D eigenvalue weighted by Crippen LogP contribution is -2.46. The topological polar surface area (TPSA) is 91.7 Å². The molecule has 8 heteroatoms. The highest BCUT2D eigenvalue weighted by atomic mass is 16.2. The summed E-state index contributed by atoms with van der Waals surface area (Å²) in [6.07, 6.45) is 10.5. The van der Waals surface area contributed by atoms with Crippen molar-refractivity contribution in [3.8, 4) is 0 Å². The largest absolute Gasteiger partial charge is 0.330 e. The number of fused-ring (bicyclic) bond motifs is 1. The number of hydrogen-bond acceptors (Lipinski definition) is 4. The number of carbonyl (C=O) groups excluding carboxylic acids is 1. The van der Waals surface area contributed by atoms with Gasteiger partial charge in [0.25, 0.3) is 0 Å². The molecule has 1 fully saturated rings. The fraction of sp³-hybridized carbons (Fsp3) is 0.600. The maximum Gasteiger partial charge on any atom is 0.318 e. The van der Waals surface area contributed by atoms with E-state index in [1.165, 1.54) is 5.56 Å². The molecule has 2 amide bonds. The van der Waals surface area contributed by atoms with Crippen molar-refractivity contribution in [2.45, 2.75) is 50.7 Å². The molecule has 1 aliphatic heterocycles. The second-order valence-corrected chi connectivity index (χ2v) is 6.32. The molecular formula is C15H21N7O. The Balaban J connectivity index is 1.43. The van der Waals surface area contributed by atoms with Gasteiger partial charge in [0.1, 0.15) is 0 Å². The number of H-pyrrole nitrogens is 1. The van der Waals surface area contributed by atoms with Gasteiger partial charge in [0, 0.05) is 12.7 Å². The Labute approximate surface area is 134 Å². The minimum atomic E-state index is 0.0139. The van der Waals surface area contributed by atoms with E-state index in [0.717, 1.165) is 44.3 Å². The molecule has 2 aromatic rings. The van der Waals surface area contributed by atoms with Crippen molar-refractivity contribution in [2.75, 3.05) is 6.54 Å². The SMILES string of the molecule is O=C(NC1CCCc2cn[nH]c21)N1CCC[C@H]1Cn1ccnn1. The van der Waals surface area contributed by atoms with Gasteiger partial charge in [-0.2, -0.15) is 5.10 Å². The summed E-state index contributed by atoms with van der Waals surface area (Å²) >= 11 is 0. The Hall–Kier alpha value is -2.38. The second-order valence-electron chi connectivity index (χ2n) is 6.32. The van der Waals surface area contributed by atoms with Gasteiger partial charge in [-0.15, -0.1) is 5.10 Å². The van der Waals surface area contributed by atoms with Crippen molar-refractivity contribution < 1.29 is 4.79 Å². The smallest absolute Gasteiger partial charge is 0.318 e. The molecule has 4 rings (SSSR count). The monoisotopic (exact) mass is 315 g/mol. The molecule has 0 bridgehead atoms. The van der Waals surface area contributed by atoms with Crippen molar-refractivity contribution in [1.29, 1.82) is 0 Å². The van der Waals surface area contributed by atoms with Crippen molar-refractivity contribution in [3.63, 3.8) is 0 Å². The summed E-state index contributed by atoms with van der Waals surface area (Å²) in [7, 11) is 0. The fourth-order valence-electron chi connectivity index (χ4n) is 3.68. The van der Waals surface area contributed by atoms with Gasteiger partial charge in [-0.05, 0) is 37.7 Å². The van der Waals surface area contributed by atoms with Crippen molar-refractivity contribution in [2.24, 2.45) is 0 Å². The normalized spacial score (nSPS) is 23.7. The Kier molecular flexibility index (Phi) is 3.72. The molecule has 1 aliphatic carbocycles. The molecule has 3 heterocycles. The van der Waals surface area contributed by atoms with E-state index in [0.29, 0.717) is 6.54 Å². The Morgan fingerprint density at radius 1 is 1.39 bits per heavy atom. The molecule has 8 nitrogen and oxygen atoms in total. The van der Waals surface area contributed by atoms with Crippen LogP contribution in [0.3, 0.4) is 0 Å². The molecule has 2 aliphatic rings. The van der Waals surface area contributed by atoms with E-state index in [4.69, 9.17) is 0 Å². The summed E-state index contributed by atoms with van der Waals surface area (Å²) in [4.78, 5) is 14.7. The van der Waals surface area contributed by atoms with E-state index in [1.54, 1.807) is 10.9 Å². The van der Waals surface area contributed by atoms with Crippen molar-refractivity contribution in [3.05, 3.63) is 29.8 Å². The number of aryl methyl sites for hydroxylation is 1. The average Bonchev–Trinajstić information content (AvgIpc) is 3.29. The van der Waals surface area contributed by atoms with Gasteiger partial charge in [0.2, 0.25) is 0 Å². The summed E-state index contributed by atoms with van der Waals surface area (Å²) in [5.74, 6) is 0. The lowest BCUT2D eigenvalue weighted by molar-refractivity contribution is 0.180. The number of aromatic amines is 1. The first-order valence-corrected chi connectivity index (χ1v) is 8.24. The number of nitrogens with zero attached hydrogens (tertiary/aromatic N) is 5. The molecule has 1 unspecified atom stereocenters. The van der Waals surface area contributed by atoms with E-state index in [1.807, 2.05) is 17.3 Å². The van der Waals surface area contributed by atoms with Gasteiger partial charge in [-0.25, -0.2) is 4.79 Å². The average molecular weight is 315 g/mol. The van der Waals surface area contributed by atoms with Crippen LogP contribution in [0.1, 0.15) is 43.0 Å². The van der Waals surface area contributed by atoms with E-state index >= 15 is 0 Å². The molecule has 1 saturated heterocycles. The fourth-order valence-corrected chi connectivity index (χ4v) is 3.68. The van der Waals surface area contributed by atoms with Crippen LogP contribution in [0, 0.1) is 0 Å². The third-order valence-electron chi connectivity index (χ3n) is 4.84. The number of aromatic nitrogens is 5. The first kappa shape index (κ1) is 14.2. The number of urea groups is 1. The summed E-state index contributed by atoms with van der Waals surface area (Å²) in [5.41, 5.74) is 2.29. The minimum Gasteiger partial charge on any atom is -0.330 e. The molecule has 2 N–H and O–H groups in total.